The van der Waals surface area contributed by atoms with Crippen LogP contribution in [-0.4, -0.2) is 54.7 Å². The van der Waals surface area contributed by atoms with E-state index in [1.54, 1.807) is 29.4 Å². The molecule has 0 saturated carbocycles. The zero-order valence-corrected chi connectivity index (χ0v) is 15.0. The molecule has 25 heavy (non-hydrogen) atoms. The van der Waals surface area contributed by atoms with Crippen LogP contribution in [0.25, 0.3) is 0 Å². The Morgan fingerprint density at radius 2 is 2.12 bits per heavy atom. The minimum atomic E-state index is -0.106. The van der Waals surface area contributed by atoms with Gasteiger partial charge in [-0.15, -0.1) is 0 Å². The van der Waals surface area contributed by atoms with Crippen LogP contribution in [0.15, 0.2) is 36.7 Å². The van der Waals surface area contributed by atoms with Gasteiger partial charge in [0, 0.05) is 37.6 Å². The lowest BCUT2D eigenvalue weighted by Gasteiger charge is -2.24. The maximum atomic E-state index is 13.0. The van der Waals surface area contributed by atoms with Crippen LogP contribution < -0.4 is 9.47 Å². The van der Waals surface area contributed by atoms with Gasteiger partial charge in [-0.25, -0.2) is 0 Å². The zero-order chi connectivity index (χ0) is 17.8. The van der Waals surface area contributed by atoms with Gasteiger partial charge in [-0.05, 0) is 37.9 Å². The molecule has 1 aliphatic heterocycles. The Labute approximate surface area is 151 Å². The summed E-state index contributed by atoms with van der Waals surface area (Å²) in [5, 5.41) is 0.382. The number of aromatic nitrogens is 1. The molecule has 1 aromatic heterocycles. The average molecular weight is 362 g/mol. The highest BCUT2D eigenvalue weighted by Gasteiger charge is 2.23. The first kappa shape index (κ1) is 17.5. The Morgan fingerprint density at radius 3 is 2.84 bits per heavy atom. The molecule has 2 aromatic rings. The van der Waals surface area contributed by atoms with Crippen LogP contribution in [0, 0.1) is 0 Å². The summed E-state index contributed by atoms with van der Waals surface area (Å²) in [5.74, 6) is 0.890. The van der Waals surface area contributed by atoms with E-state index in [2.05, 4.69) is 4.98 Å². The Kier molecular flexibility index (Phi) is 5.40. The molecule has 0 atom stereocenters. The number of amides is 1. The summed E-state index contributed by atoms with van der Waals surface area (Å²) >= 11 is 6.22. The molecule has 0 N–H and O–H groups in total. The smallest absolute Gasteiger partial charge is 0.254 e. The minimum absolute atomic E-state index is 0.106. The number of carbonyl (C=O) groups is 1. The van der Waals surface area contributed by atoms with E-state index in [0.717, 1.165) is 12.1 Å². The fraction of sp³-hybridized carbons (Fsp3) is 0.333. The molecule has 0 spiro atoms. The molecule has 1 aliphatic rings. The van der Waals surface area contributed by atoms with Crippen molar-refractivity contribution >= 4 is 17.5 Å². The van der Waals surface area contributed by atoms with Crippen LogP contribution in [0.1, 0.15) is 15.9 Å². The van der Waals surface area contributed by atoms with Gasteiger partial charge in [0.2, 0.25) is 6.79 Å². The van der Waals surface area contributed by atoms with Crippen LogP contribution in [-0.2, 0) is 6.54 Å². The number of benzene rings is 1. The van der Waals surface area contributed by atoms with Crippen molar-refractivity contribution < 1.29 is 14.3 Å². The SMILES string of the molecule is CN(C)CCN(Cc1cccnc1)C(=O)c1cc(Cl)c2c(c1)OCO2. The highest BCUT2D eigenvalue weighted by molar-refractivity contribution is 6.32. The lowest BCUT2D eigenvalue weighted by Crippen LogP contribution is -2.36. The predicted octanol–water partition coefficient (Wildman–Crippen LogP) is 2.67. The molecule has 0 unspecified atom stereocenters. The third-order valence-electron chi connectivity index (χ3n) is 3.87. The highest BCUT2D eigenvalue weighted by Crippen LogP contribution is 2.40. The van der Waals surface area contributed by atoms with Gasteiger partial charge in [-0.1, -0.05) is 17.7 Å². The van der Waals surface area contributed by atoms with Gasteiger partial charge in [0.15, 0.2) is 11.5 Å². The van der Waals surface area contributed by atoms with Crippen LogP contribution in [0.5, 0.6) is 11.5 Å². The second kappa shape index (κ2) is 7.72. The molecule has 3 rings (SSSR count). The van der Waals surface area contributed by atoms with Crippen molar-refractivity contribution in [2.45, 2.75) is 6.54 Å². The average Bonchev–Trinajstić information content (AvgIpc) is 3.08. The van der Waals surface area contributed by atoms with E-state index in [0.29, 0.717) is 35.2 Å². The quantitative estimate of drug-likeness (QED) is 0.791. The Morgan fingerprint density at radius 1 is 1.28 bits per heavy atom. The van der Waals surface area contributed by atoms with Gasteiger partial charge in [-0.3, -0.25) is 9.78 Å². The minimum Gasteiger partial charge on any atom is -0.454 e. The van der Waals surface area contributed by atoms with E-state index in [1.807, 2.05) is 31.1 Å². The summed E-state index contributed by atoms with van der Waals surface area (Å²) in [6.07, 6.45) is 3.48. The monoisotopic (exact) mass is 361 g/mol. The number of likely N-dealkylation sites (N-methyl/N-ethyl adjacent to an activating group) is 1. The number of pyridine rings is 1. The maximum Gasteiger partial charge on any atom is 0.254 e. The van der Waals surface area contributed by atoms with Crippen molar-refractivity contribution in [3.8, 4) is 11.5 Å². The normalized spacial score (nSPS) is 12.5. The Hall–Kier alpha value is -2.31. The van der Waals surface area contributed by atoms with Gasteiger partial charge in [0.1, 0.15) is 0 Å². The molecule has 0 saturated heterocycles. The number of nitrogens with zero attached hydrogens (tertiary/aromatic N) is 3. The summed E-state index contributed by atoms with van der Waals surface area (Å²) in [5.41, 5.74) is 1.46. The molecule has 2 heterocycles. The number of fused-ring (bicyclic) bond motifs is 1. The van der Waals surface area contributed by atoms with Gasteiger partial charge in [-0.2, -0.15) is 0 Å². The fourth-order valence-corrected chi connectivity index (χ4v) is 2.82. The van der Waals surface area contributed by atoms with Crippen molar-refractivity contribution in [3.63, 3.8) is 0 Å². The summed E-state index contributed by atoms with van der Waals surface area (Å²) in [7, 11) is 3.95. The molecule has 1 aromatic carbocycles. The predicted molar refractivity (Wildman–Crippen MR) is 95.1 cm³/mol. The number of ether oxygens (including phenoxy) is 2. The highest BCUT2D eigenvalue weighted by atomic mass is 35.5. The van der Waals surface area contributed by atoms with E-state index in [-0.39, 0.29) is 12.7 Å². The third kappa shape index (κ3) is 4.21. The maximum absolute atomic E-state index is 13.0. The first-order valence-electron chi connectivity index (χ1n) is 7.96. The first-order valence-corrected chi connectivity index (χ1v) is 8.34. The fourth-order valence-electron chi connectivity index (χ4n) is 2.56. The molecule has 0 aliphatic carbocycles. The van der Waals surface area contributed by atoms with E-state index in [4.69, 9.17) is 21.1 Å². The summed E-state index contributed by atoms with van der Waals surface area (Å²) < 4.78 is 10.7. The third-order valence-corrected chi connectivity index (χ3v) is 4.16. The molecule has 0 fully saturated rings. The second-order valence-corrected chi connectivity index (χ2v) is 6.49. The number of rotatable bonds is 6. The van der Waals surface area contributed by atoms with Crippen molar-refractivity contribution in [2.75, 3.05) is 34.0 Å². The van der Waals surface area contributed by atoms with E-state index in [1.165, 1.54) is 0 Å². The largest absolute Gasteiger partial charge is 0.454 e. The summed E-state index contributed by atoms with van der Waals surface area (Å²) in [6, 6.07) is 7.13. The van der Waals surface area contributed by atoms with E-state index >= 15 is 0 Å². The number of halogens is 1. The molecular weight excluding hydrogens is 342 g/mol. The van der Waals surface area contributed by atoms with Crippen molar-refractivity contribution in [1.29, 1.82) is 0 Å². The van der Waals surface area contributed by atoms with Crippen LogP contribution in [0.2, 0.25) is 5.02 Å². The second-order valence-electron chi connectivity index (χ2n) is 6.08. The van der Waals surface area contributed by atoms with E-state index < -0.39 is 0 Å². The van der Waals surface area contributed by atoms with E-state index in [9.17, 15) is 4.79 Å². The lowest BCUT2D eigenvalue weighted by atomic mass is 10.1. The topological polar surface area (TPSA) is 54.9 Å². The number of hydrogen-bond donors (Lipinski definition) is 0. The van der Waals surface area contributed by atoms with Crippen molar-refractivity contribution in [1.82, 2.24) is 14.8 Å². The number of carbonyl (C=O) groups excluding carboxylic acids is 1. The van der Waals surface area contributed by atoms with Crippen LogP contribution in [0.3, 0.4) is 0 Å². The Bertz CT molecular complexity index is 753. The van der Waals surface area contributed by atoms with Gasteiger partial charge in [0.25, 0.3) is 5.91 Å². The summed E-state index contributed by atoms with van der Waals surface area (Å²) in [4.78, 5) is 21.0. The molecular formula is C18H20ClN3O3. The number of hydrogen-bond acceptors (Lipinski definition) is 5. The first-order chi connectivity index (χ1) is 12.0. The van der Waals surface area contributed by atoms with Crippen LogP contribution >= 0.6 is 11.6 Å². The molecule has 0 bridgehead atoms. The molecule has 1 amide bonds. The summed E-state index contributed by atoms with van der Waals surface area (Å²) in [6.45, 7) is 1.94. The lowest BCUT2D eigenvalue weighted by molar-refractivity contribution is 0.0731. The molecule has 7 heteroatoms. The Balaban J connectivity index is 1.84. The molecule has 0 radical (unpaired) electrons. The van der Waals surface area contributed by atoms with Crippen molar-refractivity contribution in [2.24, 2.45) is 0 Å². The van der Waals surface area contributed by atoms with Crippen molar-refractivity contribution in [3.05, 3.63) is 52.8 Å². The molecule has 6 nitrogen and oxygen atoms in total. The molecule has 132 valence electrons. The standard InChI is InChI=1S/C18H20ClN3O3/c1-21(2)6-7-22(11-13-4-3-5-20-10-13)18(23)14-8-15(19)17-16(9-14)24-12-25-17/h3-5,8-10H,6-7,11-12H2,1-2H3. The van der Waals surface area contributed by atoms with Crippen LogP contribution in [0.4, 0.5) is 0 Å². The van der Waals surface area contributed by atoms with Gasteiger partial charge in [0.05, 0.1) is 5.02 Å². The van der Waals surface area contributed by atoms with Gasteiger partial charge >= 0.3 is 0 Å². The van der Waals surface area contributed by atoms with Gasteiger partial charge < -0.3 is 19.3 Å². The zero-order valence-electron chi connectivity index (χ0n) is 14.2.